The van der Waals surface area contributed by atoms with E-state index in [0.29, 0.717) is 147 Å². The molecule has 592 valence electrons. The minimum Gasteiger partial charge on any atom is -0.427 e. The quantitative estimate of drug-likeness (QED) is 0.00810. The number of hydrogen-bond donors (Lipinski definition) is 10. The first kappa shape index (κ1) is 81.9. The summed E-state index contributed by atoms with van der Waals surface area (Å²) in [5.74, 6) is -1.82. The first-order valence-corrected chi connectivity index (χ1v) is 38.5. The van der Waals surface area contributed by atoms with E-state index in [0.717, 1.165) is 66.7 Å². The number of nitrogens with one attached hydrogen (secondary N) is 10. The molecule has 114 heavy (non-hydrogen) atoms. The minimum absolute atomic E-state index is 0.0788. The van der Waals surface area contributed by atoms with Crippen molar-refractivity contribution >= 4 is 133 Å². The van der Waals surface area contributed by atoms with Crippen LogP contribution in [0.2, 0.25) is 0 Å². The number of ether oxygens (including phenoxy) is 2. The van der Waals surface area contributed by atoms with Crippen LogP contribution < -0.4 is 52.0 Å². The van der Waals surface area contributed by atoms with Gasteiger partial charge in [-0.05, 0) is 200 Å². The van der Waals surface area contributed by atoms with Crippen molar-refractivity contribution in [3.8, 4) is 11.5 Å². The topological polar surface area (TPSA) is 359 Å². The van der Waals surface area contributed by atoms with Crippen molar-refractivity contribution in [3.05, 3.63) is 208 Å². The van der Waals surface area contributed by atoms with E-state index in [-0.39, 0.29) is 78.7 Å². The smallest absolute Gasteiger partial charge is 0.323 e. The van der Waals surface area contributed by atoms with Crippen molar-refractivity contribution < 1.29 is 57.4 Å². The maximum Gasteiger partial charge on any atom is 0.323 e. The number of esters is 2. The molecule has 6 heterocycles. The number of carbonyl (C=O) groups is 10. The second-order valence-corrected chi connectivity index (χ2v) is 27.7. The molecule has 0 bridgehead atoms. The number of rotatable bonds is 32. The summed E-state index contributed by atoms with van der Waals surface area (Å²) in [6.07, 6.45) is 9.44. The third-order valence-corrected chi connectivity index (χ3v) is 20.0. The fraction of sp³-hybridized carbons (Fsp3) is 0.302. The summed E-state index contributed by atoms with van der Waals surface area (Å²) >= 11 is 0. The van der Waals surface area contributed by atoms with Gasteiger partial charge < -0.3 is 71.8 Å². The Kier molecular flexibility index (Phi) is 27.8. The van der Waals surface area contributed by atoms with Gasteiger partial charge in [-0.2, -0.15) is 10.2 Å². The number of amides is 8. The largest absolute Gasteiger partial charge is 0.427 e. The third kappa shape index (κ3) is 20.9. The Morgan fingerprint density at radius 1 is 0.465 bits per heavy atom. The van der Waals surface area contributed by atoms with Gasteiger partial charge in [0.1, 0.15) is 11.5 Å². The molecule has 0 aliphatic carbocycles. The van der Waals surface area contributed by atoms with Crippen LogP contribution in [0.4, 0.5) is 38.0 Å². The summed E-state index contributed by atoms with van der Waals surface area (Å²) in [4.78, 5) is 140. The summed E-state index contributed by atoms with van der Waals surface area (Å²) in [6, 6.07) is 38.5. The molecule has 0 saturated heterocycles. The zero-order chi connectivity index (χ0) is 81.0. The van der Waals surface area contributed by atoms with E-state index in [1.807, 2.05) is 76.2 Å². The summed E-state index contributed by atoms with van der Waals surface area (Å²) in [7, 11) is 0. The van der Waals surface area contributed by atoms with Crippen LogP contribution in [0.15, 0.2) is 146 Å². The maximum atomic E-state index is 13.1. The Hall–Kier alpha value is -13.1. The molecule has 0 radical (unpaired) electrons. The second-order valence-electron chi connectivity index (χ2n) is 27.7. The zero-order valence-electron chi connectivity index (χ0n) is 65.3. The highest BCUT2D eigenvalue weighted by Crippen LogP contribution is 2.39. The van der Waals surface area contributed by atoms with Crippen molar-refractivity contribution in [2.24, 2.45) is 0 Å². The van der Waals surface area contributed by atoms with Gasteiger partial charge in [0.15, 0.2) is 0 Å². The molecule has 10 aromatic rings. The molecule has 8 amide bonds. The summed E-state index contributed by atoms with van der Waals surface area (Å²) in [5.41, 5.74) is 12.2. The standard InChI is InChI=1S/C44H50N8O6.C42H46N8O6/c1-5-51(6-2)23-22-45-43(56)41-28(3)37(48-29(41)4)26-35-34-25-33(18-19-36(34)50-42(35)55)58-40(54)15-11-10-14-39(53)52-38-24-32(17-16-31(38)27-47-52)49-44(57)46-21-20-30-12-8-7-9-13-30;1-5-49(6-2)21-20-43-41(54)39-26(3)35(45-27(39)4)24-33-32-23-31(18-19-34(32)48-40(33)53)56-38(52)15-11-10-14-37(51)50-36-22-30(17-16-28(36)25-44-50)47-42(55)46-29-12-8-7-9-13-29/h7-9,12-13,16-19,24-27,48H,5-6,10-11,14-15,20-23H2,1-4H3,(H,45,56)(H,50,55)(H2,46,49,57);7-9,12-13,16-19,22-25,45H,5-6,10-11,14-15,20-21H2,1-4H3,(H,43,54)(H,48,53)(H2,46,47,55)/b35-26-;33-24-. The van der Waals surface area contributed by atoms with Gasteiger partial charge in [0, 0.05) is 132 Å². The van der Waals surface area contributed by atoms with Crippen molar-refractivity contribution in [2.45, 2.75) is 113 Å². The van der Waals surface area contributed by atoms with Gasteiger partial charge >= 0.3 is 24.0 Å². The number of benzene rings is 6. The Bertz CT molecular complexity index is 5300. The highest BCUT2D eigenvalue weighted by molar-refractivity contribution is 6.36. The molecule has 2 aliphatic rings. The van der Waals surface area contributed by atoms with Crippen LogP contribution in [0.1, 0.15) is 160 Å². The number of carbonyl (C=O) groups excluding carboxylic acids is 10. The molecule has 0 fully saturated rings. The molecule has 12 rings (SSSR count). The monoisotopic (exact) mass is 1540 g/mol. The number of anilines is 5. The molecule has 28 nitrogen and oxygen atoms in total. The number of urea groups is 2. The molecule has 0 saturated carbocycles. The Balaban J connectivity index is 0.000000225. The fourth-order valence-corrected chi connectivity index (χ4v) is 13.7. The van der Waals surface area contributed by atoms with Gasteiger partial charge in [-0.25, -0.2) is 19.0 Å². The lowest BCUT2D eigenvalue weighted by molar-refractivity contribution is -0.135. The first-order chi connectivity index (χ1) is 55.1. The molecule has 0 unspecified atom stereocenters. The molecule has 0 atom stereocenters. The summed E-state index contributed by atoms with van der Waals surface area (Å²) < 4.78 is 13.9. The van der Waals surface area contributed by atoms with E-state index in [9.17, 15) is 47.9 Å². The highest BCUT2D eigenvalue weighted by Gasteiger charge is 2.30. The van der Waals surface area contributed by atoms with Crippen LogP contribution in [-0.2, 0) is 25.6 Å². The van der Waals surface area contributed by atoms with Crippen molar-refractivity contribution in [1.82, 2.24) is 55.3 Å². The maximum absolute atomic E-state index is 13.1. The second kappa shape index (κ2) is 38.7. The molecule has 10 N–H and O–H groups in total. The van der Waals surface area contributed by atoms with Gasteiger partial charge in [-0.1, -0.05) is 76.2 Å². The number of para-hydroxylation sites is 1. The number of aryl methyl sites for hydroxylation is 2. The fourth-order valence-electron chi connectivity index (χ4n) is 13.7. The van der Waals surface area contributed by atoms with Gasteiger partial charge in [0.05, 0.1) is 45.7 Å². The number of likely N-dealkylation sites (N-methyl/N-ethyl adjacent to an activating group) is 2. The predicted molar refractivity (Wildman–Crippen MR) is 442 cm³/mol. The van der Waals surface area contributed by atoms with E-state index in [2.05, 4.69) is 100 Å². The average Bonchev–Trinajstić information content (AvgIpc) is 1.63. The Labute approximate surface area is 660 Å². The number of fused-ring (bicyclic) bond motifs is 4. The average molecular weight is 1550 g/mol. The molecule has 6 aromatic carbocycles. The lowest BCUT2D eigenvalue weighted by Gasteiger charge is -2.18. The van der Waals surface area contributed by atoms with Crippen LogP contribution in [0, 0.1) is 27.7 Å². The number of hydrogen-bond acceptors (Lipinski definition) is 16. The van der Waals surface area contributed by atoms with E-state index in [1.54, 1.807) is 109 Å². The lowest BCUT2D eigenvalue weighted by Crippen LogP contribution is -2.35. The van der Waals surface area contributed by atoms with Crippen LogP contribution in [0.5, 0.6) is 11.5 Å². The lowest BCUT2D eigenvalue weighted by atomic mass is 10.0. The summed E-state index contributed by atoms with van der Waals surface area (Å²) in [6.45, 7) is 22.4. The van der Waals surface area contributed by atoms with Crippen molar-refractivity contribution in [2.75, 3.05) is 85.5 Å². The van der Waals surface area contributed by atoms with Crippen LogP contribution in [0.3, 0.4) is 0 Å². The van der Waals surface area contributed by atoms with Gasteiger partial charge in [-0.3, -0.25) is 38.4 Å². The van der Waals surface area contributed by atoms with E-state index < -0.39 is 18.0 Å². The first-order valence-electron chi connectivity index (χ1n) is 38.5. The van der Waals surface area contributed by atoms with Gasteiger partial charge in [0.25, 0.3) is 23.6 Å². The van der Waals surface area contributed by atoms with E-state index >= 15 is 0 Å². The molecule has 2 aliphatic heterocycles. The van der Waals surface area contributed by atoms with Crippen molar-refractivity contribution in [1.29, 1.82) is 0 Å². The number of unbranched alkanes of at least 4 members (excludes halogenated alkanes) is 2. The third-order valence-electron chi connectivity index (χ3n) is 20.0. The van der Waals surface area contributed by atoms with E-state index in [4.69, 9.17) is 9.47 Å². The molecule has 4 aromatic heterocycles. The van der Waals surface area contributed by atoms with E-state index in [1.165, 1.54) is 9.36 Å². The zero-order valence-corrected chi connectivity index (χ0v) is 65.3. The van der Waals surface area contributed by atoms with Crippen molar-refractivity contribution in [3.63, 3.8) is 0 Å². The molecule has 28 heteroatoms. The molecule has 0 spiro atoms. The van der Waals surface area contributed by atoms with Crippen LogP contribution >= 0.6 is 0 Å². The Morgan fingerprint density at radius 3 is 1.33 bits per heavy atom. The highest BCUT2D eigenvalue weighted by atomic mass is 16.5. The summed E-state index contributed by atoms with van der Waals surface area (Å²) in [5, 5.41) is 32.9. The molecular formula is C86H96N16O12. The Morgan fingerprint density at radius 2 is 0.886 bits per heavy atom. The van der Waals surface area contributed by atoms with Crippen LogP contribution in [-0.4, -0.2) is 158 Å². The number of aromatic nitrogens is 6. The van der Waals surface area contributed by atoms with Crippen LogP contribution in [0.25, 0.3) is 45.1 Å². The van der Waals surface area contributed by atoms with Gasteiger partial charge in [0.2, 0.25) is 11.8 Å². The normalized spacial score (nSPS) is 12.8. The number of nitrogens with zero attached hydrogens (tertiary/aromatic N) is 6. The SMILES string of the molecule is CCN(CC)CCNC(=O)c1c(C)[nH]c(/C=C2\C(=O)Nc3ccc(OC(=O)CCCCC(=O)n4ncc5ccc(NC(=O)NCCc6ccccc6)cc54)cc32)c1C.CCN(CC)CCNC(=O)c1c(C)[nH]c(/C=C2\C(=O)Nc3ccc(OC(=O)CCCCC(=O)n4ncc5ccc(NC(=O)Nc6ccccc6)cc54)cc32)c1C. The molecular weight excluding hydrogens is 1450 g/mol. The minimum atomic E-state index is -0.471. The number of aromatic amines is 2. The number of H-pyrrole nitrogens is 2. The van der Waals surface area contributed by atoms with Gasteiger partial charge in [-0.15, -0.1) is 0 Å². The predicted octanol–water partition coefficient (Wildman–Crippen LogP) is 13.7.